The Morgan fingerprint density at radius 3 is 2.25 bits per heavy atom. The predicted octanol–water partition coefficient (Wildman–Crippen LogP) is 2.68. The van der Waals surface area contributed by atoms with E-state index in [0.717, 1.165) is 19.4 Å². The van der Waals surface area contributed by atoms with Crippen LogP contribution in [0.5, 0.6) is 0 Å². The number of hydrogen-bond donors (Lipinski definition) is 0. The molecule has 0 saturated carbocycles. The van der Waals surface area contributed by atoms with Gasteiger partial charge in [0.15, 0.2) is 0 Å². The number of carbonyl (C=O) groups excluding carboxylic acids is 1. The van der Waals surface area contributed by atoms with Crippen LogP contribution in [0, 0.1) is 29.1 Å². The molecule has 0 aromatic carbocycles. The van der Waals surface area contributed by atoms with Crippen molar-refractivity contribution in [2.75, 3.05) is 13.6 Å². The first-order valence-corrected chi connectivity index (χ1v) is 6.04. The molecule has 0 spiro atoms. The maximum Gasteiger partial charge on any atom is 0.239 e. The first-order valence-electron chi connectivity index (χ1n) is 6.04. The van der Waals surface area contributed by atoms with Gasteiger partial charge in [0, 0.05) is 13.6 Å². The van der Waals surface area contributed by atoms with Crippen LogP contribution in [-0.4, -0.2) is 24.4 Å². The first-order chi connectivity index (χ1) is 7.40. The molecular formula is C13H24N2O. The largest absolute Gasteiger partial charge is 0.345 e. The summed E-state index contributed by atoms with van der Waals surface area (Å²) in [5.41, 5.74) is 0. The van der Waals surface area contributed by atoms with E-state index >= 15 is 0 Å². The van der Waals surface area contributed by atoms with Crippen molar-refractivity contribution in [2.24, 2.45) is 17.8 Å². The lowest BCUT2D eigenvalue weighted by Gasteiger charge is -2.22. The van der Waals surface area contributed by atoms with Gasteiger partial charge in [-0.25, -0.2) is 0 Å². The number of rotatable bonds is 6. The van der Waals surface area contributed by atoms with Crippen LogP contribution in [-0.2, 0) is 4.79 Å². The van der Waals surface area contributed by atoms with Crippen molar-refractivity contribution >= 4 is 5.91 Å². The van der Waals surface area contributed by atoms with Gasteiger partial charge >= 0.3 is 0 Å². The van der Waals surface area contributed by atoms with Crippen molar-refractivity contribution in [3.63, 3.8) is 0 Å². The minimum Gasteiger partial charge on any atom is -0.345 e. The van der Waals surface area contributed by atoms with E-state index in [0.29, 0.717) is 5.92 Å². The lowest BCUT2D eigenvalue weighted by atomic mass is 9.96. The second-order valence-corrected chi connectivity index (χ2v) is 5.15. The Labute approximate surface area is 99.4 Å². The molecule has 0 aromatic rings. The Bertz CT molecular complexity index is 253. The van der Waals surface area contributed by atoms with Crippen LogP contribution < -0.4 is 0 Å². The molecule has 0 radical (unpaired) electrons. The third-order valence-corrected chi connectivity index (χ3v) is 2.72. The van der Waals surface area contributed by atoms with Gasteiger partial charge in [0.1, 0.15) is 5.92 Å². The molecule has 0 N–H and O–H groups in total. The fraction of sp³-hybridized carbons (Fsp3) is 0.846. The van der Waals surface area contributed by atoms with E-state index in [9.17, 15) is 4.79 Å². The smallest absolute Gasteiger partial charge is 0.239 e. The predicted molar refractivity (Wildman–Crippen MR) is 65.7 cm³/mol. The zero-order valence-electron chi connectivity index (χ0n) is 11.2. The molecular weight excluding hydrogens is 200 g/mol. The normalized spacial score (nSPS) is 12.6. The summed E-state index contributed by atoms with van der Waals surface area (Å²) in [5, 5.41) is 8.93. The van der Waals surface area contributed by atoms with Crippen molar-refractivity contribution < 1.29 is 4.79 Å². The van der Waals surface area contributed by atoms with Crippen molar-refractivity contribution in [3.8, 4) is 6.07 Å². The second-order valence-electron chi connectivity index (χ2n) is 5.15. The van der Waals surface area contributed by atoms with Crippen molar-refractivity contribution in [2.45, 2.75) is 40.5 Å². The molecule has 0 bridgehead atoms. The van der Waals surface area contributed by atoms with Gasteiger partial charge < -0.3 is 4.90 Å². The first kappa shape index (κ1) is 15.0. The molecule has 0 fully saturated rings. The summed E-state index contributed by atoms with van der Waals surface area (Å²) in [6, 6.07) is 2.09. The molecule has 0 aliphatic heterocycles. The van der Waals surface area contributed by atoms with Gasteiger partial charge in [-0.3, -0.25) is 4.79 Å². The summed E-state index contributed by atoms with van der Waals surface area (Å²) < 4.78 is 0. The molecule has 1 amide bonds. The van der Waals surface area contributed by atoms with Gasteiger partial charge in [-0.05, 0) is 24.7 Å². The lowest BCUT2D eigenvalue weighted by molar-refractivity contribution is -0.133. The highest BCUT2D eigenvalue weighted by Crippen LogP contribution is 2.13. The molecule has 0 aromatic heterocycles. The van der Waals surface area contributed by atoms with Gasteiger partial charge in [0.25, 0.3) is 0 Å². The van der Waals surface area contributed by atoms with E-state index in [1.54, 1.807) is 11.9 Å². The number of carbonyl (C=O) groups is 1. The molecule has 1 atom stereocenters. The zero-order valence-corrected chi connectivity index (χ0v) is 11.2. The second kappa shape index (κ2) is 7.27. The van der Waals surface area contributed by atoms with Crippen LogP contribution in [0.15, 0.2) is 0 Å². The average Bonchev–Trinajstić information content (AvgIpc) is 2.17. The monoisotopic (exact) mass is 224 g/mol. The molecule has 16 heavy (non-hydrogen) atoms. The standard InChI is InChI=1S/C13H24N2O/c1-10(2)7-6-8-15(5)13(16)12(9-14)11(3)4/h10-12H,6-8H2,1-5H3. The van der Waals surface area contributed by atoms with Crippen LogP contribution in [0.25, 0.3) is 0 Å². The maximum absolute atomic E-state index is 11.9. The summed E-state index contributed by atoms with van der Waals surface area (Å²) in [7, 11) is 1.79. The summed E-state index contributed by atoms with van der Waals surface area (Å²) in [6.45, 7) is 8.92. The Kier molecular flexibility index (Phi) is 6.80. The molecule has 0 rings (SSSR count). The lowest BCUT2D eigenvalue weighted by Crippen LogP contribution is -2.35. The maximum atomic E-state index is 11.9. The highest BCUT2D eigenvalue weighted by atomic mass is 16.2. The molecule has 3 heteroatoms. The SMILES string of the molecule is CC(C)CCCN(C)C(=O)C(C#N)C(C)C. The Hall–Kier alpha value is -1.04. The van der Waals surface area contributed by atoms with E-state index in [1.807, 2.05) is 13.8 Å². The van der Waals surface area contributed by atoms with Crippen molar-refractivity contribution in [1.82, 2.24) is 4.90 Å². The van der Waals surface area contributed by atoms with Crippen LogP contribution in [0.1, 0.15) is 40.5 Å². The van der Waals surface area contributed by atoms with Crippen LogP contribution in [0.3, 0.4) is 0 Å². The van der Waals surface area contributed by atoms with Gasteiger partial charge in [0.05, 0.1) is 6.07 Å². The van der Waals surface area contributed by atoms with Crippen molar-refractivity contribution in [3.05, 3.63) is 0 Å². The highest BCUT2D eigenvalue weighted by molar-refractivity contribution is 5.81. The van der Waals surface area contributed by atoms with E-state index < -0.39 is 5.92 Å². The van der Waals surface area contributed by atoms with E-state index in [2.05, 4.69) is 19.9 Å². The Balaban J connectivity index is 4.13. The molecule has 3 nitrogen and oxygen atoms in total. The fourth-order valence-electron chi connectivity index (χ4n) is 1.57. The van der Waals surface area contributed by atoms with E-state index in [1.165, 1.54) is 0 Å². The van der Waals surface area contributed by atoms with E-state index in [4.69, 9.17) is 5.26 Å². The minimum absolute atomic E-state index is 0.0405. The highest BCUT2D eigenvalue weighted by Gasteiger charge is 2.24. The summed E-state index contributed by atoms with van der Waals surface area (Å²) in [6.07, 6.45) is 2.13. The molecule has 0 heterocycles. The fourth-order valence-corrected chi connectivity index (χ4v) is 1.57. The Morgan fingerprint density at radius 1 is 1.31 bits per heavy atom. The van der Waals surface area contributed by atoms with Crippen LogP contribution in [0.4, 0.5) is 0 Å². The molecule has 92 valence electrons. The number of hydrogen-bond acceptors (Lipinski definition) is 2. The number of nitrogens with zero attached hydrogens (tertiary/aromatic N) is 2. The number of amides is 1. The Morgan fingerprint density at radius 2 is 1.88 bits per heavy atom. The van der Waals surface area contributed by atoms with Gasteiger partial charge in [-0.1, -0.05) is 27.7 Å². The van der Waals surface area contributed by atoms with Crippen molar-refractivity contribution in [1.29, 1.82) is 5.26 Å². The summed E-state index contributed by atoms with van der Waals surface area (Å²) in [5.74, 6) is 0.218. The molecule has 1 unspecified atom stereocenters. The number of nitriles is 1. The zero-order chi connectivity index (χ0) is 12.7. The molecule has 0 aliphatic carbocycles. The van der Waals surface area contributed by atoms with Crippen LogP contribution in [0.2, 0.25) is 0 Å². The topological polar surface area (TPSA) is 44.1 Å². The van der Waals surface area contributed by atoms with E-state index in [-0.39, 0.29) is 11.8 Å². The average molecular weight is 224 g/mol. The van der Waals surface area contributed by atoms with Gasteiger partial charge in [-0.2, -0.15) is 5.26 Å². The quantitative estimate of drug-likeness (QED) is 0.696. The third kappa shape index (κ3) is 5.16. The van der Waals surface area contributed by atoms with Gasteiger partial charge in [-0.15, -0.1) is 0 Å². The minimum atomic E-state index is -0.496. The van der Waals surface area contributed by atoms with Crippen LogP contribution >= 0.6 is 0 Å². The summed E-state index contributed by atoms with van der Waals surface area (Å²) in [4.78, 5) is 13.6. The van der Waals surface area contributed by atoms with Gasteiger partial charge in [0.2, 0.25) is 5.91 Å². The third-order valence-electron chi connectivity index (χ3n) is 2.72. The summed E-state index contributed by atoms with van der Waals surface area (Å²) >= 11 is 0. The molecule has 0 aliphatic rings. The molecule has 0 saturated heterocycles.